The zero-order valence-electron chi connectivity index (χ0n) is 14.7. The predicted octanol–water partition coefficient (Wildman–Crippen LogP) is 3.83. The van der Waals surface area contributed by atoms with Crippen molar-refractivity contribution in [2.24, 2.45) is 0 Å². The lowest BCUT2D eigenvalue weighted by atomic mass is 10.1. The molecule has 2 aromatic carbocycles. The molecule has 0 saturated heterocycles. The Hall–Kier alpha value is -2.64. The Morgan fingerprint density at radius 1 is 1.19 bits per heavy atom. The van der Waals surface area contributed by atoms with Crippen LogP contribution in [0.3, 0.4) is 0 Å². The summed E-state index contributed by atoms with van der Waals surface area (Å²) in [5.41, 5.74) is 3.08. The molecule has 0 unspecified atom stereocenters. The van der Waals surface area contributed by atoms with E-state index in [-0.39, 0.29) is 28.1 Å². The van der Waals surface area contributed by atoms with Gasteiger partial charge in [-0.15, -0.1) is 10.2 Å². The maximum Gasteiger partial charge on any atom is 0.278 e. The van der Waals surface area contributed by atoms with E-state index in [1.807, 2.05) is 38.1 Å². The van der Waals surface area contributed by atoms with Crippen LogP contribution in [-0.4, -0.2) is 26.8 Å². The highest BCUT2D eigenvalue weighted by Crippen LogP contribution is 2.27. The van der Waals surface area contributed by atoms with Crippen LogP contribution in [0, 0.1) is 13.8 Å². The average Bonchev–Trinajstić information content (AvgIpc) is 2.64. The van der Waals surface area contributed by atoms with Crippen LogP contribution >= 0.6 is 23.4 Å². The molecule has 0 aliphatic rings. The molecule has 0 spiro atoms. The summed E-state index contributed by atoms with van der Waals surface area (Å²) in [4.78, 5) is 27.1. The Balaban J connectivity index is 1.66. The number of hydrogen-bond donors (Lipinski definition) is 2. The van der Waals surface area contributed by atoms with E-state index in [1.165, 1.54) is 0 Å². The van der Waals surface area contributed by atoms with Crippen LogP contribution in [0.25, 0.3) is 11.3 Å². The maximum atomic E-state index is 12.2. The number of nitrogens with zero attached hydrogens (tertiary/aromatic N) is 2. The van der Waals surface area contributed by atoms with Crippen molar-refractivity contribution in [2.75, 3.05) is 11.1 Å². The maximum absolute atomic E-state index is 12.2. The topological polar surface area (TPSA) is 87.7 Å². The van der Waals surface area contributed by atoms with Gasteiger partial charge in [0.2, 0.25) is 5.91 Å². The van der Waals surface area contributed by atoms with Crippen LogP contribution in [0.15, 0.2) is 52.4 Å². The van der Waals surface area contributed by atoms with Gasteiger partial charge in [-0.05, 0) is 31.0 Å². The summed E-state index contributed by atoms with van der Waals surface area (Å²) in [5.74, 6) is -0.178. The van der Waals surface area contributed by atoms with Crippen LogP contribution in [0.2, 0.25) is 5.02 Å². The molecule has 1 heterocycles. The smallest absolute Gasteiger partial charge is 0.278 e. The molecule has 2 N–H and O–H groups in total. The van der Waals surface area contributed by atoms with Crippen LogP contribution in [0.4, 0.5) is 5.69 Å². The van der Waals surface area contributed by atoms with Gasteiger partial charge in [0.05, 0.1) is 16.5 Å². The third-order valence-electron chi connectivity index (χ3n) is 3.76. The number of carbonyl (C=O) groups is 1. The molecule has 0 saturated carbocycles. The Morgan fingerprint density at radius 2 is 1.93 bits per heavy atom. The number of aromatic amines is 1. The monoisotopic (exact) mass is 400 g/mol. The fraction of sp³-hybridized carbons (Fsp3) is 0.158. The quantitative estimate of drug-likeness (QED) is 0.635. The lowest BCUT2D eigenvalue weighted by Crippen LogP contribution is -2.17. The van der Waals surface area contributed by atoms with E-state index in [4.69, 9.17) is 11.6 Å². The SMILES string of the molecule is Cc1cc(C)c(NC(=O)CSc2nnc(-c3ccccc3)c(=O)[nH]2)c(Cl)c1. The summed E-state index contributed by atoms with van der Waals surface area (Å²) in [6.07, 6.45) is 0. The molecule has 0 aliphatic heterocycles. The summed E-state index contributed by atoms with van der Waals surface area (Å²) >= 11 is 7.30. The summed E-state index contributed by atoms with van der Waals surface area (Å²) in [7, 11) is 0. The van der Waals surface area contributed by atoms with Crippen molar-refractivity contribution in [1.29, 1.82) is 0 Å². The van der Waals surface area contributed by atoms with Crippen molar-refractivity contribution in [3.05, 3.63) is 69.0 Å². The summed E-state index contributed by atoms with van der Waals surface area (Å²) in [6, 6.07) is 12.8. The van der Waals surface area contributed by atoms with Gasteiger partial charge in [0.15, 0.2) is 10.9 Å². The van der Waals surface area contributed by atoms with Gasteiger partial charge in [0, 0.05) is 5.56 Å². The number of aryl methyl sites for hydroxylation is 2. The number of carbonyl (C=O) groups excluding carboxylic acids is 1. The minimum atomic E-state index is -0.350. The number of anilines is 1. The number of amides is 1. The normalized spacial score (nSPS) is 10.6. The van der Waals surface area contributed by atoms with Crippen molar-refractivity contribution in [3.63, 3.8) is 0 Å². The first-order chi connectivity index (χ1) is 12.9. The average molecular weight is 401 g/mol. The van der Waals surface area contributed by atoms with E-state index in [2.05, 4.69) is 20.5 Å². The molecule has 1 amide bonds. The fourth-order valence-corrected chi connectivity index (χ4v) is 3.53. The molecule has 0 aliphatic carbocycles. The Kier molecular flexibility index (Phi) is 5.93. The minimum Gasteiger partial charge on any atom is -0.324 e. The van der Waals surface area contributed by atoms with Crippen LogP contribution in [-0.2, 0) is 4.79 Å². The second kappa shape index (κ2) is 8.37. The van der Waals surface area contributed by atoms with Gasteiger partial charge < -0.3 is 5.32 Å². The zero-order valence-corrected chi connectivity index (χ0v) is 16.3. The first-order valence-corrected chi connectivity index (χ1v) is 9.52. The molecular weight excluding hydrogens is 384 g/mol. The zero-order chi connectivity index (χ0) is 19.4. The van der Waals surface area contributed by atoms with Gasteiger partial charge >= 0.3 is 0 Å². The molecular formula is C19H17ClN4O2S. The molecule has 0 radical (unpaired) electrons. The molecule has 0 fully saturated rings. The van der Waals surface area contributed by atoms with E-state index in [0.29, 0.717) is 16.3 Å². The first-order valence-electron chi connectivity index (χ1n) is 8.16. The lowest BCUT2D eigenvalue weighted by Gasteiger charge is -2.11. The second-order valence-electron chi connectivity index (χ2n) is 5.95. The highest BCUT2D eigenvalue weighted by molar-refractivity contribution is 7.99. The predicted molar refractivity (Wildman–Crippen MR) is 108 cm³/mol. The summed E-state index contributed by atoms with van der Waals surface area (Å²) < 4.78 is 0. The van der Waals surface area contributed by atoms with Crippen LogP contribution < -0.4 is 10.9 Å². The van der Waals surface area contributed by atoms with Crippen LogP contribution in [0.5, 0.6) is 0 Å². The van der Waals surface area contributed by atoms with E-state index in [1.54, 1.807) is 18.2 Å². The number of rotatable bonds is 5. The fourth-order valence-electron chi connectivity index (χ4n) is 2.56. The van der Waals surface area contributed by atoms with E-state index >= 15 is 0 Å². The van der Waals surface area contributed by atoms with Gasteiger partial charge in [0.1, 0.15) is 0 Å². The van der Waals surface area contributed by atoms with Crippen LogP contribution in [0.1, 0.15) is 11.1 Å². The lowest BCUT2D eigenvalue weighted by molar-refractivity contribution is -0.113. The van der Waals surface area contributed by atoms with Gasteiger partial charge in [-0.3, -0.25) is 14.6 Å². The highest BCUT2D eigenvalue weighted by Gasteiger charge is 2.12. The highest BCUT2D eigenvalue weighted by atomic mass is 35.5. The molecule has 3 rings (SSSR count). The second-order valence-corrected chi connectivity index (χ2v) is 7.32. The number of nitrogens with one attached hydrogen (secondary N) is 2. The number of H-pyrrole nitrogens is 1. The number of aromatic nitrogens is 3. The van der Waals surface area contributed by atoms with Crippen molar-refractivity contribution >= 4 is 35.0 Å². The van der Waals surface area contributed by atoms with Crippen molar-refractivity contribution in [3.8, 4) is 11.3 Å². The molecule has 6 nitrogen and oxygen atoms in total. The molecule has 138 valence electrons. The van der Waals surface area contributed by atoms with Gasteiger partial charge in [0.25, 0.3) is 5.56 Å². The van der Waals surface area contributed by atoms with Crippen molar-refractivity contribution in [2.45, 2.75) is 19.0 Å². The number of benzene rings is 2. The molecule has 3 aromatic rings. The van der Waals surface area contributed by atoms with E-state index < -0.39 is 0 Å². The molecule has 0 atom stereocenters. The molecule has 27 heavy (non-hydrogen) atoms. The van der Waals surface area contributed by atoms with Gasteiger partial charge in [-0.2, -0.15) is 0 Å². The summed E-state index contributed by atoms with van der Waals surface area (Å²) in [5, 5.41) is 11.5. The third-order valence-corrected chi connectivity index (χ3v) is 4.92. The third kappa shape index (κ3) is 4.75. The summed E-state index contributed by atoms with van der Waals surface area (Å²) in [6.45, 7) is 3.82. The number of hydrogen-bond acceptors (Lipinski definition) is 5. The standard InChI is InChI=1S/C19H17ClN4O2S/c1-11-8-12(2)16(14(20)9-11)21-15(25)10-27-19-22-18(26)17(23-24-19)13-6-4-3-5-7-13/h3-9H,10H2,1-2H3,(H,21,25)(H,22,24,26). The number of halogens is 1. The first kappa shape index (κ1) is 19.1. The molecule has 8 heteroatoms. The Labute approximate surface area is 165 Å². The van der Waals surface area contributed by atoms with Gasteiger partial charge in [-0.1, -0.05) is 59.8 Å². The van der Waals surface area contributed by atoms with E-state index in [9.17, 15) is 9.59 Å². The van der Waals surface area contributed by atoms with E-state index in [0.717, 1.165) is 22.9 Å². The molecule has 0 bridgehead atoms. The Morgan fingerprint density at radius 3 is 2.59 bits per heavy atom. The van der Waals surface area contributed by atoms with Gasteiger partial charge in [-0.25, -0.2) is 0 Å². The van der Waals surface area contributed by atoms with Crippen molar-refractivity contribution in [1.82, 2.24) is 15.2 Å². The number of thioether (sulfide) groups is 1. The Bertz CT molecular complexity index is 1010. The largest absolute Gasteiger partial charge is 0.324 e. The van der Waals surface area contributed by atoms with Crippen molar-refractivity contribution < 1.29 is 4.79 Å². The minimum absolute atomic E-state index is 0.0684. The molecule has 1 aromatic heterocycles.